The van der Waals surface area contributed by atoms with Gasteiger partial charge in [0.05, 0.1) is 11.4 Å². The van der Waals surface area contributed by atoms with Gasteiger partial charge in [-0.1, -0.05) is 0 Å². The van der Waals surface area contributed by atoms with Gasteiger partial charge in [0.25, 0.3) is 0 Å². The third kappa shape index (κ3) is 3.08. The van der Waals surface area contributed by atoms with Crippen LogP contribution in [0.1, 0.15) is 36.0 Å². The Morgan fingerprint density at radius 2 is 2.19 bits per heavy atom. The molecule has 0 radical (unpaired) electrons. The first-order valence-electron chi connectivity index (χ1n) is 7.23. The van der Waals surface area contributed by atoms with Gasteiger partial charge >= 0.3 is 0 Å². The fourth-order valence-electron chi connectivity index (χ4n) is 2.54. The molecule has 0 aliphatic carbocycles. The van der Waals surface area contributed by atoms with Crippen molar-refractivity contribution >= 4 is 11.8 Å². The van der Waals surface area contributed by atoms with Crippen LogP contribution in [0.4, 0.5) is 0 Å². The van der Waals surface area contributed by atoms with Crippen molar-refractivity contribution < 1.29 is 0 Å². The lowest BCUT2D eigenvalue weighted by Gasteiger charge is -2.21. The predicted octanol–water partition coefficient (Wildman–Crippen LogP) is 1.84. The van der Waals surface area contributed by atoms with Crippen LogP contribution in [0.2, 0.25) is 0 Å². The van der Waals surface area contributed by atoms with E-state index in [1.54, 1.807) is 6.20 Å². The minimum Gasteiger partial charge on any atom is -0.316 e. The lowest BCUT2D eigenvalue weighted by Crippen LogP contribution is -2.29. The van der Waals surface area contributed by atoms with Crippen molar-refractivity contribution in [2.24, 2.45) is 7.05 Å². The fraction of sp³-hybridized carbons (Fsp3) is 0.571. The molecule has 7 heteroatoms. The van der Waals surface area contributed by atoms with Gasteiger partial charge in [-0.3, -0.25) is 4.98 Å². The number of rotatable bonds is 3. The van der Waals surface area contributed by atoms with Crippen molar-refractivity contribution in [2.45, 2.75) is 42.8 Å². The van der Waals surface area contributed by atoms with Gasteiger partial charge in [-0.25, -0.2) is 4.98 Å². The monoisotopic (exact) mass is 304 g/mol. The Labute approximate surface area is 128 Å². The molecule has 1 N–H and O–H groups in total. The average Bonchev–Trinajstić information content (AvgIpc) is 2.85. The van der Waals surface area contributed by atoms with Crippen LogP contribution < -0.4 is 5.32 Å². The van der Waals surface area contributed by atoms with E-state index in [-0.39, 0.29) is 0 Å². The summed E-state index contributed by atoms with van der Waals surface area (Å²) in [7, 11) is 2.03. The summed E-state index contributed by atoms with van der Waals surface area (Å²) in [6.45, 7) is 6.01. The molecule has 1 atom stereocenters. The zero-order valence-electron chi connectivity index (χ0n) is 12.6. The summed E-state index contributed by atoms with van der Waals surface area (Å²) in [6, 6.07) is 0. The third-order valence-electron chi connectivity index (χ3n) is 3.75. The van der Waals surface area contributed by atoms with Crippen LogP contribution >= 0.6 is 11.8 Å². The van der Waals surface area contributed by atoms with Gasteiger partial charge in [0.1, 0.15) is 10.9 Å². The zero-order valence-corrected chi connectivity index (χ0v) is 13.4. The van der Waals surface area contributed by atoms with E-state index in [0.29, 0.717) is 5.92 Å². The first-order valence-corrected chi connectivity index (χ1v) is 8.05. The summed E-state index contributed by atoms with van der Waals surface area (Å²) in [5.74, 6) is 1.51. The van der Waals surface area contributed by atoms with Gasteiger partial charge in [0, 0.05) is 25.7 Å². The van der Waals surface area contributed by atoms with Gasteiger partial charge < -0.3 is 9.88 Å². The largest absolute Gasteiger partial charge is 0.316 e. The molecule has 1 fully saturated rings. The number of hydrogen-bond acceptors (Lipinski definition) is 6. The minimum absolute atomic E-state index is 0.454. The number of piperidine rings is 1. The summed E-state index contributed by atoms with van der Waals surface area (Å²) in [4.78, 5) is 8.89. The molecule has 3 rings (SSSR count). The smallest absolute Gasteiger partial charge is 0.197 e. The highest BCUT2D eigenvalue weighted by Crippen LogP contribution is 2.29. The Kier molecular flexibility index (Phi) is 4.21. The molecule has 0 bridgehead atoms. The maximum absolute atomic E-state index is 4.54. The number of hydrogen-bond donors (Lipinski definition) is 1. The topological polar surface area (TPSA) is 68.5 Å². The summed E-state index contributed by atoms with van der Waals surface area (Å²) < 4.78 is 2.09. The van der Waals surface area contributed by atoms with Crippen LogP contribution in [0.15, 0.2) is 16.4 Å². The summed E-state index contributed by atoms with van der Waals surface area (Å²) in [5, 5.41) is 13.9. The Balaban J connectivity index is 1.83. The van der Waals surface area contributed by atoms with E-state index in [4.69, 9.17) is 0 Å². The molecule has 2 aromatic heterocycles. The minimum atomic E-state index is 0.454. The summed E-state index contributed by atoms with van der Waals surface area (Å²) in [5.41, 5.74) is 1.84. The molecule has 6 nitrogen and oxygen atoms in total. The Morgan fingerprint density at radius 3 is 2.95 bits per heavy atom. The second-order valence-corrected chi connectivity index (χ2v) is 6.40. The number of aryl methyl sites for hydroxylation is 2. The van der Waals surface area contributed by atoms with E-state index in [1.807, 2.05) is 20.9 Å². The van der Waals surface area contributed by atoms with Gasteiger partial charge in [0.15, 0.2) is 5.16 Å². The van der Waals surface area contributed by atoms with Crippen LogP contribution in [0.3, 0.4) is 0 Å². The number of nitrogens with one attached hydrogen (secondary N) is 1. The fourth-order valence-corrected chi connectivity index (χ4v) is 3.42. The molecule has 0 saturated carbocycles. The molecule has 21 heavy (non-hydrogen) atoms. The Bertz CT molecular complexity index is 632. The zero-order chi connectivity index (χ0) is 14.8. The van der Waals surface area contributed by atoms with E-state index in [1.165, 1.54) is 24.6 Å². The van der Waals surface area contributed by atoms with Crippen molar-refractivity contribution in [3.63, 3.8) is 0 Å². The highest BCUT2D eigenvalue weighted by atomic mass is 32.2. The van der Waals surface area contributed by atoms with Crippen molar-refractivity contribution in [1.29, 1.82) is 0 Å². The number of aromatic nitrogens is 5. The van der Waals surface area contributed by atoms with Gasteiger partial charge in [0.2, 0.25) is 0 Å². The lowest BCUT2D eigenvalue weighted by atomic mass is 9.99. The van der Waals surface area contributed by atoms with E-state index in [0.717, 1.165) is 40.5 Å². The highest BCUT2D eigenvalue weighted by Gasteiger charge is 2.22. The quantitative estimate of drug-likeness (QED) is 0.933. The first kappa shape index (κ1) is 14.5. The van der Waals surface area contributed by atoms with Crippen LogP contribution in [0.25, 0.3) is 0 Å². The average molecular weight is 304 g/mol. The summed E-state index contributed by atoms with van der Waals surface area (Å²) in [6.07, 6.45) is 4.16. The molecule has 2 aromatic rings. The van der Waals surface area contributed by atoms with Crippen LogP contribution in [-0.2, 0) is 7.05 Å². The lowest BCUT2D eigenvalue weighted by molar-refractivity contribution is 0.436. The van der Waals surface area contributed by atoms with Crippen molar-refractivity contribution in [2.75, 3.05) is 13.1 Å². The Hall–Kier alpha value is -1.47. The molecule has 0 aromatic carbocycles. The van der Waals surface area contributed by atoms with Crippen LogP contribution in [0, 0.1) is 13.8 Å². The molecule has 0 amide bonds. The molecule has 3 heterocycles. The molecule has 112 valence electrons. The predicted molar refractivity (Wildman–Crippen MR) is 81.5 cm³/mol. The Morgan fingerprint density at radius 1 is 1.33 bits per heavy atom. The molecule has 0 spiro atoms. The maximum atomic E-state index is 4.54. The first-order chi connectivity index (χ1) is 10.1. The van der Waals surface area contributed by atoms with Crippen LogP contribution in [-0.4, -0.2) is 37.8 Å². The molecule has 1 unspecified atom stereocenters. The summed E-state index contributed by atoms with van der Waals surface area (Å²) >= 11 is 1.54. The standard InChI is InChI=1S/C14H20N6S/c1-9-7-16-10(2)13(17-9)21-14-19-18-12(20(14)3)11-5-4-6-15-8-11/h7,11,15H,4-6,8H2,1-3H3. The molecule has 1 aliphatic heterocycles. The molecule has 1 aliphatic rings. The van der Waals surface area contributed by atoms with E-state index >= 15 is 0 Å². The van der Waals surface area contributed by atoms with Crippen molar-refractivity contribution in [3.05, 3.63) is 23.4 Å². The van der Waals surface area contributed by atoms with Crippen molar-refractivity contribution in [1.82, 2.24) is 30.0 Å². The maximum Gasteiger partial charge on any atom is 0.197 e. The molecule has 1 saturated heterocycles. The van der Waals surface area contributed by atoms with Gasteiger partial charge in [-0.2, -0.15) is 0 Å². The van der Waals surface area contributed by atoms with E-state index < -0.39 is 0 Å². The van der Waals surface area contributed by atoms with Gasteiger partial charge in [-0.05, 0) is 45.0 Å². The van der Waals surface area contributed by atoms with E-state index in [2.05, 4.69) is 30.0 Å². The second kappa shape index (κ2) is 6.11. The third-order valence-corrected chi connectivity index (χ3v) is 4.87. The molecular weight excluding hydrogens is 284 g/mol. The molecular formula is C14H20N6S. The van der Waals surface area contributed by atoms with E-state index in [9.17, 15) is 0 Å². The van der Waals surface area contributed by atoms with Crippen molar-refractivity contribution in [3.8, 4) is 0 Å². The normalized spacial score (nSPS) is 18.9. The number of nitrogens with zero attached hydrogens (tertiary/aromatic N) is 5. The highest BCUT2D eigenvalue weighted by molar-refractivity contribution is 7.99. The SMILES string of the molecule is Cc1cnc(C)c(Sc2nnc(C3CCCNC3)n2C)n1. The second-order valence-electron chi connectivity index (χ2n) is 5.45. The van der Waals surface area contributed by atoms with Crippen LogP contribution in [0.5, 0.6) is 0 Å². The van der Waals surface area contributed by atoms with Gasteiger partial charge in [-0.15, -0.1) is 10.2 Å².